The van der Waals surface area contributed by atoms with Gasteiger partial charge in [-0.25, -0.2) is 9.78 Å². The number of aliphatic carboxylic acids is 1. The molecule has 5 nitrogen and oxygen atoms in total. The number of rotatable bonds is 4. The van der Waals surface area contributed by atoms with Gasteiger partial charge in [-0.3, -0.25) is 4.79 Å². The number of carboxylic acids is 1. The standard InChI is InChI=1S/C14H17ClN2O3S/c1-8(2)10-5-9(6-11(15)16-10)12(18)17-14(13(19)20)3-4-21-7-14/h5-6,8H,3-4,7H2,1-2H3,(H,17,18)(H,19,20). The quantitative estimate of drug-likeness (QED) is 0.830. The van der Waals surface area contributed by atoms with Crippen LogP contribution in [0.1, 0.15) is 42.2 Å². The van der Waals surface area contributed by atoms with Crippen molar-refractivity contribution in [1.82, 2.24) is 10.3 Å². The van der Waals surface area contributed by atoms with Crippen LogP contribution in [0.25, 0.3) is 0 Å². The Morgan fingerprint density at radius 3 is 2.71 bits per heavy atom. The minimum absolute atomic E-state index is 0.130. The summed E-state index contributed by atoms with van der Waals surface area (Å²) in [6.45, 7) is 3.90. The second-order valence-electron chi connectivity index (χ2n) is 5.40. The fourth-order valence-electron chi connectivity index (χ4n) is 2.12. The first kappa shape index (κ1) is 16.1. The van der Waals surface area contributed by atoms with Gasteiger partial charge < -0.3 is 10.4 Å². The number of halogens is 1. The molecule has 7 heteroatoms. The maximum absolute atomic E-state index is 12.4. The first-order chi connectivity index (χ1) is 9.84. The summed E-state index contributed by atoms with van der Waals surface area (Å²) in [5.41, 5.74) is -0.135. The van der Waals surface area contributed by atoms with Crippen molar-refractivity contribution in [1.29, 1.82) is 0 Å². The monoisotopic (exact) mass is 328 g/mol. The molecule has 0 aliphatic carbocycles. The first-order valence-electron chi connectivity index (χ1n) is 6.65. The van der Waals surface area contributed by atoms with Gasteiger partial charge in [-0.1, -0.05) is 25.4 Å². The van der Waals surface area contributed by atoms with E-state index in [0.29, 0.717) is 23.4 Å². The zero-order valence-corrected chi connectivity index (χ0v) is 13.4. The molecule has 1 amide bonds. The zero-order chi connectivity index (χ0) is 15.6. The smallest absolute Gasteiger partial charge is 0.330 e. The summed E-state index contributed by atoms with van der Waals surface area (Å²) in [6.07, 6.45) is 0.425. The van der Waals surface area contributed by atoms with E-state index in [9.17, 15) is 14.7 Å². The molecule has 1 aromatic rings. The molecule has 114 valence electrons. The Hall–Kier alpha value is -1.27. The summed E-state index contributed by atoms with van der Waals surface area (Å²) in [6, 6.07) is 3.12. The summed E-state index contributed by atoms with van der Waals surface area (Å²) < 4.78 is 0. The molecular weight excluding hydrogens is 312 g/mol. The third-order valence-corrected chi connectivity index (χ3v) is 4.83. The van der Waals surface area contributed by atoms with Crippen LogP contribution in [0.3, 0.4) is 0 Å². The lowest BCUT2D eigenvalue weighted by atomic mass is 9.98. The second kappa shape index (κ2) is 6.23. The minimum Gasteiger partial charge on any atom is -0.479 e. The van der Waals surface area contributed by atoms with E-state index in [1.54, 1.807) is 6.07 Å². The molecule has 2 N–H and O–H groups in total. The predicted molar refractivity (Wildman–Crippen MR) is 83.1 cm³/mol. The number of hydrogen-bond acceptors (Lipinski definition) is 4. The average Bonchev–Trinajstić information content (AvgIpc) is 2.87. The van der Waals surface area contributed by atoms with Crippen LogP contribution in [0.4, 0.5) is 0 Å². The number of pyridine rings is 1. The van der Waals surface area contributed by atoms with E-state index in [-0.39, 0.29) is 11.1 Å². The molecule has 0 bridgehead atoms. The van der Waals surface area contributed by atoms with Crippen LogP contribution in [-0.4, -0.2) is 39.0 Å². The third-order valence-electron chi connectivity index (χ3n) is 3.45. The number of carbonyl (C=O) groups is 2. The van der Waals surface area contributed by atoms with Gasteiger partial charge >= 0.3 is 5.97 Å². The van der Waals surface area contributed by atoms with E-state index < -0.39 is 17.4 Å². The van der Waals surface area contributed by atoms with E-state index in [1.807, 2.05) is 13.8 Å². The van der Waals surface area contributed by atoms with E-state index in [1.165, 1.54) is 17.8 Å². The lowest BCUT2D eigenvalue weighted by Crippen LogP contribution is -2.54. The molecule has 0 aromatic carbocycles. The fourth-order valence-corrected chi connectivity index (χ4v) is 3.66. The zero-order valence-electron chi connectivity index (χ0n) is 11.9. The summed E-state index contributed by atoms with van der Waals surface area (Å²) in [5, 5.41) is 12.3. The van der Waals surface area contributed by atoms with Crippen molar-refractivity contribution in [2.45, 2.75) is 31.7 Å². The molecule has 1 aliphatic heterocycles. The van der Waals surface area contributed by atoms with Crippen molar-refractivity contribution >= 4 is 35.2 Å². The average molecular weight is 329 g/mol. The molecule has 21 heavy (non-hydrogen) atoms. The summed E-state index contributed by atoms with van der Waals surface area (Å²) in [4.78, 5) is 28.0. The van der Waals surface area contributed by atoms with Crippen molar-refractivity contribution in [3.63, 3.8) is 0 Å². The third kappa shape index (κ3) is 3.49. The summed E-state index contributed by atoms with van der Waals surface area (Å²) >= 11 is 7.46. The SMILES string of the molecule is CC(C)c1cc(C(=O)NC2(C(=O)O)CCSC2)cc(Cl)n1. The van der Waals surface area contributed by atoms with Crippen molar-refractivity contribution in [2.75, 3.05) is 11.5 Å². The van der Waals surface area contributed by atoms with Gasteiger partial charge in [0.05, 0.1) is 0 Å². The molecule has 0 radical (unpaired) electrons. The number of hydrogen-bond donors (Lipinski definition) is 2. The van der Waals surface area contributed by atoms with Gasteiger partial charge in [0.25, 0.3) is 5.91 Å². The molecule has 1 aliphatic rings. The van der Waals surface area contributed by atoms with E-state index in [0.717, 1.165) is 5.75 Å². The van der Waals surface area contributed by atoms with E-state index in [2.05, 4.69) is 10.3 Å². The van der Waals surface area contributed by atoms with Crippen LogP contribution in [0, 0.1) is 0 Å². The molecule has 2 heterocycles. The fraction of sp³-hybridized carbons (Fsp3) is 0.500. The molecule has 0 spiro atoms. The number of nitrogens with zero attached hydrogens (tertiary/aromatic N) is 1. The highest BCUT2D eigenvalue weighted by Gasteiger charge is 2.43. The van der Waals surface area contributed by atoms with E-state index in [4.69, 9.17) is 11.6 Å². The molecule has 1 atom stereocenters. The maximum Gasteiger partial charge on any atom is 0.330 e. The van der Waals surface area contributed by atoms with E-state index >= 15 is 0 Å². The molecule has 1 saturated heterocycles. The summed E-state index contributed by atoms with van der Waals surface area (Å²) in [5.74, 6) is -0.188. The second-order valence-corrected chi connectivity index (χ2v) is 6.89. The lowest BCUT2D eigenvalue weighted by Gasteiger charge is -2.24. The highest BCUT2D eigenvalue weighted by Crippen LogP contribution is 2.29. The first-order valence-corrected chi connectivity index (χ1v) is 8.18. The Labute approximate surface area is 132 Å². The Balaban J connectivity index is 2.26. The van der Waals surface area contributed by atoms with Crippen molar-refractivity contribution in [3.05, 3.63) is 28.5 Å². The molecule has 0 saturated carbocycles. The number of carboxylic acid groups (broad SMARTS) is 1. The highest BCUT2D eigenvalue weighted by atomic mass is 35.5. The number of nitrogens with one attached hydrogen (secondary N) is 1. The minimum atomic E-state index is -1.19. The Morgan fingerprint density at radius 2 is 2.19 bits per heavy atom. The van der Waals surface area contributed by atoms with Crippen LogP contribution in [0.5, 0.6) is 0 Å². The van der Waals surface area contributed by atoms with Gasteiger partial charge in [0.2, 0.25) is 0 Å². The highest BCUT2D eigenvalue weighted by molar-refractivity contribution is 7.99. The molecule has 1 aromatic heterocycles. The Kier molecular flexibility index (Phi) is 4.78. The van der Waals surface area contributed by atoms with Gasteiger partial charge in [0.1, 0.15) is 10.7 Å². The maximum atomic E-state index is 12.4. The summed E-state index contributed by atoms with van der Waals surface area (Å²) in [7, 11) is 0. The normalized spacial score (nSPS) is 21.5. The topological polar surface area (TPSA) is 79.3 Å². The lowest BCUT2D eigenvalue weighted by molar-refractivity contribution is -0.143. The Morgan fingerprint density at radius 1 is 1.48 bits per heavy atom. The molecule has 1 fully saturated rings. The van der Waals surface area contributed by atoms with Crippen LogP contribution < -0.4 is 5.32 Å². The Bertz CT molecular complexity index is 571. The number of carbonyl (C=O) groups excluding carboxylic acids is 1. The number of thioether (sulfide) groups is 1. The van der Waals surface area contributed by atoms with Crippen molar-refractivity contribution in [3.8, 4) is 0 Å². The predicted octanol–water partition coefficient (Wildman–Crippen LogP) is 2.55. The van der Waals surface area contributed by atoms with Crippen LogP contribution >= 0.6 is 23.4 Å². The van der Waals surface area contributed by atoms with Gasteiger partial charge in [-0.15, -0.1) is 0 Å². The van der Waals surface area contributed by atoms with Crippen LogP contribution in [0.15, 0.2) is 12.1 Å². The largest absolute Gasteiger partial charge is 0.479 e. The molecule has 1 unspecified atom stereocenters. The number of amides is 1. The molecular formula is C14H17ClN2O3S. The van der Waals surface area contributed by atoms with Crippen molar-refractivity contribution < 1.29 is 14.7 Å². The van der Waals surface area contributed by atoms with Crippen LogP contribution in [-0.2, 0) is 4.79 Å². The van der Waals surface area contributed by atoms with Gasteiger partial charge in [0.15, 0.2) is 0 Å². The van der Waals surface area contributed by atoms with Gasteiger partial charge in [-0.2, -0.15) is 11.8 Å². The van der Waals surface area contributed by atoms with Crippen LogP contribution in [0.2, 0.25) is 5.15 Å². The van der Waals surface area contributed by atoms with Crippen molar-refractivity contribution in [2.24, 2.45) is 0 Å². The molecule has 2 rings (SSSR count). The van der Waals surface area contributed by atoms with Gasteiger partial charge in [0, 0.05) is 17.0 Å². The number of aromatic nitrogens is 1. The van der Waals surface area contributed by atoms with Gasteiger partial charge in [-0.05, 0) is 30.2 Å².